The van der Waals surface area contributed by atoms with Gasteiger partial charge in [-0.05, 0) is 19.1 Å². The van der Waals surface area contributed by atoms with Crippen LogP contribution < -0.4 is 5.32 Å². The Labute approximate surface area is 140 Å². The summed E-state index contributed by atoms with van der Waals surface area (Å²) in [4.78, 5) is 28.0. The van der Waals surface area contributed by atoms with Crippen molar-refractivity contribution in [2.24, 2.45) is 0 Å². The van der Waals surface area contributed by atoms with Crippen LogP contribution in [0, 0.1) is 0 Å². The maximum atomic E-state index is 12.5. The maximum absolute atomic E-state index is 12.5. The summed E-state index contributed by atoms with van der Waals surface area (Å²) in [6.07, 6.45) is 0.243. The van der Waals surface area contributed by atoms with Crippen molar-refractivity contribution >= 4 is 22.8 Å². The summed E-state index contributed by atoms with van der Waals surface area (Å²) in [6.45, 7) is 5.63. The summed E-state index contributed by atoms with van der Waals surface area (Å²) in [5.74, 6) is 0.0815. The first-order valence-corrected chi connectivity index (χ1v) is 8.27. The highest BCUT2D eigenvalue weighted by Crippen LogP contribution is 2.19. The molecule has 1 aromatic heterocycles. The molecule has 1 N–H and O–H groups in total. The molecule has 7 nitrogen and oxygen atoms in total. The molecule has 0 atom stereocenters. The SMILES string of the molecule is CCNC(=O)CN1CCN(C(=O)Cc2noc3ccccc23)CC1. The zero-order chi connectivity index (χ0) is 16.9. The van der Waals surface area contributed by atoms with Gasteiger partial charge in [-0.15, -0.1) is 0 Å². The van der Waals surface area contributed by atoms with Gasteiger partial charge in [-0.1, -0.05) is 17.3 Å². The Morgan fingerprint density at radius 2 is 1.96 bits per heavy atom. The highest BCUT2D eigenvalue weighted by atomic mass is 16.5. The average Bonchev–Trinajstić information content (AvgIpc) is 2.99. The molecule has 0 spiro atoms. The number of benzene rings is 1. The molecule has 1 saturated heterocycles. The number of nitrogens with zero attached hydrogens (tertiary/aromatic N) is 3. The van der Waals surface area contributed by atoms with Gasteiger partial charge < -0.3 is 14.7 Å². The first-order valence-electron chi connectivity index (χ1n) is 8.27. The maximum Gasteiger partial charge on any atom is 0.234 e. The molecule has 0 bridgehead atoms. The van der Waals surface area contributed by atoms with Crippen LogP contribution in [0.4, 0.5) is 0 Å². The van der Waals surface area contributed by atoms with Gasteiger partial charge >= 0.3 is 0 Å². The second-order valence-corrected chi connectivity index (χ2v) is 5.91. The fourth-order valence-corrected chi connectivity index (χ4v) is 2.93. The lowest BCUT2D eigenvalue weighted by atomic mass is 10.1. The van der Waals surface area contributed by atoms with Crippen LogP contribution in [0.15, 0.2) is 28.8 Å². The lowest BCUT2D eigenvalue weighted by Gasteiger charge is -2.34. The summed E-state index contributed by atoms with van der Waals surface area (Å²) in [5.41, 5.74) is 1.38. The minimum Gasteiger partial charge on any atom is -0.356 e. The fourth-order valence-electron chi connectivity index (χ4n) is 2.93. The molecule has 2 heterocycles. The Morgan fingerprint density at radius 3 is 2.71 bits per heavy atom. The highest BCUT2D eigenvalue weighted by Gasteiger charge is 2.23. The van der Waals surface area contributed by atoms with Crippen molar-refractivity contribution in [3.05, 3.63) is 30.0 Å². The summed E-state index contributed by atoms with van der Waals surface area (Å²) in [7, 11) is 0. The van der Waals surface area contributed by atoms with E-state index in [1.54, 1.807) is 0 Å². The molecule has 128 valence electrons. The fraction of sp³-hybridized carbons (Fsp3) is 0.471. The number of piperazine rings is 1. The van der Waals surface area contributed by atoms with E-state index in [4.69, 9.17) is 4.52 Å². The van der Waals surface area contributed by atoms with Crippen molar-refractivity contribution < 1.29 is 14.1 Å². The second-order valence-electron chi connectivity index (χ2n) is 5.91. The number of aromatic nitrogens is 1. The first-order chi connectivity index (χ1) is 11.7. The summed E-state index contributed by atoms with van der Waals surface area (Å²) in [6, 6.07) is 7.55. The van der Waals surface area contributed by atoms with Gasteiger partial charge in [0.2, 0.25) is 11.8 Å². The molecule has 1 aliphatic heterocycles. The number of hydrogen-bond acceptors (Lipinski definition) is 5. The third-order valence-electron chi connectivity index (χ3n) is 4.24. The summed E-state index contributed by atoms with van der Waals surface area (Å²) < 4.78 is 5.25. The number of carbonyl (C=O) groups is 2. The van der Waals surface area contributed by atoms with Crippen molar-refractivity contribution in [2.45, 2.75) is 13.3 Å². The van der Waals surface area contributed by atoms with Crippen molar-refractivity contribution in [3.63, 3.8) is 0 Å². The topological polar surface area (TPSA) is 78.7 Å². The van der Waals surface area contributed by atoms with Gasteiger partial charge in [-0.25, -0.2) is 0 Å². The molecule has 1 aliphatic rings. The van der Waals surface area contributed by atoms with E-state index in [0.29, 0.717) is 50.5 Å². The largest absolute Gasteiger partial charge is 0.356 e. The van der Waals surface area contributed by atoms with Crippen LogP contribution in [0.1, 0.15) is 12.6 Å². The van der Waals surface area contributed by atoms with Gasteiger partial charge in [-0.2, -0.15) is 0 Å². The predicted octanol–water partition coefficient (Wildman–Crippen LogP) is 0.651. The molecule has 2 amide bonds. The molecule has 1 fully saturated rings. The van der Waals surface area contributed by atoms with E-state index in [1.165, 1.54) is 0 Å². The standard InChI is InChI=1S/C17H22N4O3/c1-2-18-16(22)12-20-7-9-21(10-8-20)17(23)11-14-13-5-3-4-6-15(13)24-19-14/h3-6H,2,7-12H2,1H3,(H,18,22). The monoisotopic (exact) mass is 330 g/mol. The van der Waals surface area contributed by atoms with Gasteiger partial charge in [0.15, 0.2) is 5.58 Å². The van der Waals surface area contributed by atoms with Crippen LogP contribution in [0.25, 0.3) is 11.0 Å². The van der Waals surface area contributed by atoms with Crippen molar-refractivity contribution in [1.29, 1.82) is 0 Å². The first kappa shape index (κ1) is 16.4. The molecule has 0 radical (unpaired) electrons. The number of likely N-dealkylation sites (N-methyl/N-ethyl adjacent to an activating group) is 1. The number of rotatable bonds is 5. The minimum absolute atomic E-state index is 0.0337. The Hall–Kier alpha value is -2.41. The van der Waals surface area contributed by atoms with Crippen molar-refractivity contribution in [1.82, 2.24) is 20.3 Å². The molecule has 2 aromatic rings. The average molecular weight is 330 g/mol. The van der Waals surface area contributed by atoms with Gasteiger partial charge in [0.1, 0.15) is 5.69 Å². The third-order valence-corrected chi connectivity index (χ3v) is 4.24. The smallest absolute Gasteiger partial charge is 0.234 e. The third kappa shape index (κ3) is 3.73. The van der Waals surface area contributed by atoms with Gasteiger partial charge in [0.05, 0.1) is 13.0 Å². The quantitative estimate of drug-likeness (QED) is 0.871. The van der Waals surface area contributed by atoms with E-state index in [0.717, 1.165) is 5.39 Å². The zero-order valence-electron chi connectivity index (χ0n) is 13.8. The Morgan fingerprint density at radius 1 is 1.21 bits per heavy atom. The van der Waals surface area contributed by atoms with Crippen molar-refractivity contribution in [2.75, 3.05) is 39.3 Å². The van der Waals surface area contributed by atoms with E-state index >= 15 is 0 Å². The molecule has 0 aliphatic carbocycles. The van der Waals surface area contributed by atoms with Crippen LogP contribution in [0.2, 0.25) is 0 Å². The minimum atomic E-state index is 0.0337. The molecule has 3 rings (SSSR count). The summed E-state index contributed by atoms with van der Waals surface area (Å²) >= 11 is 0. The Bertz CT molecular complexity index is 719. The van der Waals surface area contributed by atoms with Gasteiger partial charge in [-0.3, -0.25) is 14.5 Å². The number of amides is 2. The predicted molar refractivity (Wildman–Crippen MR) is 89.4 cm³/mol. The molecule has 0 unspecified atom stereocenters. The number of hydrogen-bond donors (Lipinski definition) is 1. The normalized spacial score (nSPS) is 15.6. The Balaban J connectivity index is 1.53. The molecule has 24 heavy (non-hydrogen) atoms. The van der Waals surface area contributed by atoms with Crippen LogP contribution in [0.5, 0.6) is 0 Å². The lowest BCUT2D eigenvalue weighted by molar-refractivity contribution is -0.132. The van der Waals surface area contributed by atoms with E-state index in [1.807, 2.05) is 36.1 Å². The van der Waals surface area contributed by atoms with E-state index in [2.05, 4.69) is 15.4 Å². The highest BCUT2D eigenvalue weighted by molar-refractivity contribution is 5.86. The second kappa shape index (κ2) is 7.44. The van der Waals surface area contributed by atoms with Crippen LogP contribution >= 0.6 is 0 Å². The lowest BCUT2D eigenvalue weighted by Crippen LogP contribution is -2.51. The molecular weight excluding hydrogens is 308 g/mol. The molecule has 7 heteroatoms. The number of fused-ring (bicyclic) bond motifs is 1. The molecular formula is C17H22N4O3. The van der Waals surface area contributed by atoms with E-state index in [9.17, 15) is 9.59 Å². The van der Waals surface area contributed by atoms with Gasteiger partial charge in [0.25, 0.3) is 0 Å². The van der Waals surface area contributed by atoms with E-state index in [-0.39, 0.29) is 18.2 Å². The molecule has 0 saturated carbocycles. The Kier molecular flexibility index (Phi) is 5.10. The van der Waals surface area contributed by atoms with Crippen LogP contribution in [0.3, 0.4) is 0 Å². The van der Waals surface area contributed by atoms with Gasteiger partial charge in [0, 0.05) is 38.1 Å². The number of nitrogens with one attached hydrogen (secondary N) is 1. The number of carbonyl (C=O) groups excluding carboxylic acids is 2. The zero-order valence-corrected chi connectivity index (χ0v) is 13.8. The summed E-state index contributed by atoms with van der Waals surface area (Å²) in [5, 5.41) is 7.70. The molecule has 1 aromatic carbocycles. The van der Waals surface area contributed by atoms with Crippen LogP contribution in [-0.4, -0.2) is 66.0 Å². The van der Waals surface area contributed by atoms with Crippen LogP contribution in [-0.2, 0) is 16.0 Å². The number of para-hydroxylation sites is 1. The van der Waals surface area contributed by atoms with Crippen molar-refractivity contribution in [3.8, 4) is 0 Å². The van der Waals surface area contributed by atoms with E-state index < -0.39 is 0 Å².